The van der Waals surface area contributed by atoms with Gasteiger partial charge in [0.15, 0.2) is 0 Å². The molecule has 0 unspecified atom stereocenters. The Morgan fingerprint density at radius 3 is 1.22 bits per heavy atom. The Hall–Kier alpha value is -0.160. The van der Waals surface area contributed by atoms with Gasteiger partial charge in [-0.1, -0.05) is 13.3 Å². The molecule has 27 heavy (non-hydrogen) atoms. The van der Waals surface area contributed by atoms with Gasteiger partial charge in [0.05, 0.1) is 23.4 Å². The summed E-state index contributed by atoms with van der Waals surface area (Å²) in [6.07, 6.45) is 11.5. The summed E-state index contributed by atoms with van der Waals surface area (Å²) in [5.74, 6) is 2.54. The molecular formula is C23H44O4. The van der Waals surface area contributed by atoms with E-state index in [1.807, 2.05) is 41.5 Å². The molecule has 2 aliphatic rings. The normalized spacial score (nSPS) is 31.7. The van der Waals surface area contributed by atoms with E-state index in [4.69, 9.17) is 19.6 Å². The van der Waals surface area contributed by atoms with Crippen LogP contribution in [0.2, 0.25) is 0 Å². The summed E-state index contributed by atoms with van der Waals surface area (Å²) in [5, 5.41) is 0. The maximum Gasteiger partial charge on any atom is 0.0952 e. The second kappa shape index (κ2) is 10.0. The van der Waals surface area contributed by atoms with Crippen molar-refractivity contribution in [2.45, 2.75) is 130 Å². The summed E-state index contributed by atoms with van der Waals surface area (Å²) >= 11 is 0. The van der Waals surface area contributed by atoms with Crippen LogP contribution >= 0.6 is 0 Å². The first kappa shape index (κ1) is 23.1. The minimum atomic E-state index is -0.222. The highest BCUT2D eigenvalue weighted by atomic mass is 17.2. The van der Waals surface area contributed by atoms with Crippen LogP contribution in [0.15, 0.2) is 0 Å². The Morgan fingerprint density at radius 1 is 0.630 bits per heavy atom. The van der Waals surface area contributed by atoms with E-state index in [1.165, 1.54) is 32.1 Å². The molecular weight excluding hydrogens is 340 g/mol. The standard InChI is InChI=1S/C23H44O4/c1-8-21(17-9-13-19(14-10-17)24-26-22(2,3)4)18-11-15-20(16-12-18)25-27-23(5,6)7/h17-21H,8-16H2,1-7H3. The SMILES string of the molecule is CCC(C1CCC(OOC(C)(C)C)CC1)C1CCC(OOC(C)(C)C)CC1. The van der Waals surface area contributed by atoms with E-state index in [2.05, 4.69) is 6.92 Å². The van der Waals surface area contributed by atoms with Crippen molar-refractivity contribution in [2.24, 2.45) is 17.8 Å². The number of hydrogen-bond acceptors (Lipinski definition) is 4. The number of hydrogen-bond donors (Lipinski definition) is 0. The van der Waals surface area contributed by atoms with E-state index in [1.54, 1.807) is 0 Å². The van der Waals surface area contributed by atoms with Crippen molar-refractivity contribution in [1.82, 2.24) is 0 Å². The fourth-order valence-corrected chi connectivity index (χ4v) is 4.70. The third-order valence-electron chi connectivity index (χ3n) is 5.99. The average Bonchev–Trinajstić information content (AvgIpc) is 2.60. The van der Waals surface area contributed by atoms with Crippen LogP contribution in [-0.4, -0.2) is 23.4 Å². The second-order valence-corrected chi connectivity index (χ2v) is 10.7. The van der Waals surface area contributed by atoms with Gasteiger partial charge in [0.2, 0.25) is 0 Å². The van der Waals surface area contributed by atoms with Gasteiger partial charge in [-0.25, -0.2) is 19.6 Å². The van der Waals surface area contributed by atoms with Crippen LogP contribution < -0.4 is 0 Å². The van der Waals surface area contributed by atoms with E-state index >= 15 is 0 Å². The summed E-state index contributed by atoms with van der Waals surface area (Å²) in [4.78, 5) is 22.5. The smallest absolute Gasteiger partial charge is 0.0952 e. The lowest BCUT2D eigenvalue weighted by Crippen LogP contribution is -2.34. The second-order valence-electron chi connectivity index (χ2n) is 10.7. The predicted molar refractivity (Wildman–Crippen MR) is 109 cm³/mol. The first-order valence-corrected chi connectivity index (χ1v) is 11.3. The van der Waals surface area contributed by atoms with E-state index in [-0.39, 0.29) is 23.4 Å². The Morgan fingerprint density at radius 2 is 0.963 bits per heavy atom. The van der Waals surface area contributed by atoms with E-state index in [9.17, 15) is 0 Å². The van der Waals surface area contributed by atoms with E-state index < -0.39 is 0 Å². The minimum absolute atomic E-state index is 0.222. The molecule has 2 rings (SSSR count). The van der Waals surface area contributed by atoms with E-state index in [0.717, 1.165) is 43.4 Å². The van der Waals surface area contributed by atoms with Crippen LogP contribution in [0.4, 0.5) is 0 Å². The third kappa shape index (κ3) is 8.39. The molecule has 0 heterocycles. The zero-order valence-electron chi connectivity index (χ0n) is 18.9. The van der Waals surface area contributed by atoms with Crippen molar-refractivity contribution >= 4 is 0 Å². The molecule has 2 aliphatic carbocycles. The molecule has 0 amide bonds. The van der Waals surface area contributed by atoms with Crippen molar-refractivity contribution in [3.8, 4) is 0 Å². The summed E-state index contributed by atoms with van der Waals surface area (Å²) < 4.78 is 0. The van der Waals surface area contributed by atoms with Crippen LogP contribution in [0.25, 0.3) is 0 Å². The summed E-state index contributed by atoms with van der Waals surface area (Å²) in [7, 11) is 0. The molecule has 0 aliphatic heterocycles. The van der Waals surface area contributed by atoms with Crippen LogP contribution in [0.5, 0.6) is 0 Å². The van der Waals surface area contributed by atoms with Gasteiger partial charge < -0.3 is 0 Å². The van der Waals surface area contributed by atoms with Crippen molar-refractivity contribution in [3.63, 3.8) is 0 Å². The minimum Gasteiger partial charge on any atom is -0.233 e. The fourth-order valence-electron chi connectivity index (χ4n) is 4.70. The lowest BCUT2D eigenvalue weighted by atomic mass is 9.68. The molecule has 0 saturated heterocycles. The van der Waals surface area contributed by atoms with Gasteiger partial charge in [-0.3, -0.25) is 0 Å². The molecule has 4 heteroatoms. The van der Waals surface area contributed by atoms with Gasteiger partial charge >= 0.3 is 0 Å². The van der Waals surface area contributed by atoms with Crippen LogP contribution in [-0.2, 0) is 19.6 Å². The lowest BCUT2D eigenvalue weighted by Gasteiger charge is -2.40. The third-order valence-corrected chi connectivity index (χ3v) is 5.99. The van der Waals surface area contributed by atoms with Crippen molar-refractivity contribution < 1.29 is 19.6 Å². The lowest BCUT2D eigenvalue weighted by molar-refractivity contribution is -0.378. The predicted octanol–water partition coefficient (Wildman–Crippen LogP) is 6.62. The van der Waals surface area contributed by atoms with Crippen molar-refractivity contribution in [2.75, 3.05) is 0 Å². The van der Waals surface area contributed by atoms with Crippen molar-refractivity contribution in [3.05, 3.63) is 0 Å². The molecule has 2 fully saturated rings. The Labute approximate surface area is 167 Å². The Balaban J connectivity index is 1.73. The number of rotatable bonds is 7. The molecule has 0 aromatic rings. The van der Waals surface area contributed by atoms with Crippen LogP contribution in [0, 0.1) is 17.8 Å². The molecule has 0 bridgehead atoms. The van der Waals surface area contributed by atoms with E-state index in [0.29, 0.717) is 0 Å². The molecule has 0 atom stereocenters. The summed E-state index contributed by atoms with van der Waals surface area (Å²) in [6, 6.07) is 0. The fraction of sp³-hybridized carbons (Fsp3) is 1.00. The molecule has 0 spiro atoms. The highest BCUT2D eigenvalue weighted by Crippen LogP contribution is 2.42. The Kier molecular flexibility index (Phi) is 8.60. The summed E-state index contributed by atoms with van der Waals surface area (Å²) in [6.45, 7) is 14.6. The highest BCUT2D eigenvalue weighted by molar-refractivity contribution is 4.84. The molecule has 0 radical (unpaired) electrons. The molecule has 4 nitrogen and oxygen atoms in total. The first-order valence-electron chi connectivity index (χ1n) is 11.3. The highest BCUT2D eigenvalue weighted by Gasteiger charge is 2.35. The quantitative estimate of drug-likeness (QED) is 0.365. The van der Waals surface area contributed by atoms with Crippen molar-refractivity contribution in [1.29, 1.82) is 0 Å². The van der Waals surface area contributed by atoms with Gasteiger partial charge in [-0.15, -0.1) is 0 Å². The molecule has 0 N–H and O–H groups in total. The first-order chi connectivity index (χ1) is 12.6. The maximum absolute atomic E-state index is 5.69. The van der Waals surface area contributed by atoms with Crippen LogP contribution in [0.3, 0.4) is 0 Å². The maximum atomic E-state index is 5.69. The van der Waals surface area contributed by atoms with Gasteiger partial charge in [0.1, 0.15) is 0 Å². The van der Waals surface area contributed by atoms with Gasteiger partial charge in [0, 0.05) is 0 Å². The van der Waals surface area contributed by atoms with Gasteiger partial charge in [0.25, 0.3) is 0 Å². The summed E-state index contributed by atoms with van der Waals surface area (Å²) in [5.41, 5.74) is -0.444. The van der Waals surface area contributed by atoms with Crippen LogP contribution in [0.1, 0.15) is 106 Å². The topological polar surface area (TPSA) is 36.9 Å². The van der Waals surface area contributed by atoms with Gasteiger partial charge in [-0.2, -0.15) is 0 Å². The molecule has 0 aromatic carbocycles. The zero-order chi connectivity index (χ0) is 20.1. The van der Waals surface area contributed by atoms with Gasteiger partial charge in [-0.05, 0) is 111 Å². The zero-order valence-corrected chi connectivity index (χ0v) is 18.9. The molecule has 2 saturated carbocycles. The molecule has 0 aromatic heterocycles. The monoisotopic (exact) mass is 384 g/mol. The average molecular weight is 385 g/mol. The molecule has 160 valence electrons. The Bertz CT molecular complexity index is 369. The largest absolute Gasteiger partial charge is 0.233 e.